The third kappa shape index (κ3) is 5.40. The van der Waals surface area contributed by atoms with Crippen LogP contribution in [0.4, 0.5) is 10.5 Å². The first kappa shape index (κ1) is 21.4. The lowest BCUT2D eigenvalue weighted by atomic mass is 10.0. The van der Waals surface area contributed by atoms with Gasteiger partial charge in [-0.1, -0.05) is 47.6 Å². The van der Waals surface area contributed by atoms with E-state index in [1.165, 1.54) is 13.1 Å². The van der Waals surface area contributed by atoms with Gasteiger partial charge in [-0.05, 0) is 17.2 Å². The largest absolute Gasteiger partial charge is 0.463 e. The van der Waals surface area contributed by atoms with Crippen LogP contribution in [0.15, 0.2) is 59.8 Å². The van der Waals surface area contributed by atoms with E-state index in [0.717, 1.165) is 5.56 Å². The van der Waals surface area contributed by atoms with E-state index in [1.807, 2.05) is 18.2 Å². The van der Waals surface area contributed by atoms with Gasteiger partial charge in [0.2, 0.25) is 0 Å². The van der Waals surface area contributed by atoms with Gasteiger partial charge in [0.25, 0.3) is 0 Å². The lowest BCUT2D eigenvalue weighted by Crippen LogP contribution is -2.44. The van der Waals surface area contributed by atoms with Crippen molar-refractivity contribution in [2.45, 2.75) is 19.6 Å². The van der Waals surface area contributed by atoms with Crippen molar-refractivity contribution < 1.29 is 23.9 Å². The number of ketones is 1. The molecule has 10 heteroatoms. The minimum atomic E-state index is -1.20. The summed E-state index contributed by atoms with van der Waals surface area (Å²) in [5.41, 5.74) is 10.6. The molecule has 1 heterocycles. The minimum absolute atomic E-state index is 0.00919. The highest BCUT2D eigenvalue weighted by Crippen LogP contribution is 2.30. The number of esters is 1. The maximum atomic E-state index is 13.2. The van der Waals surface area contributed by atoms with Crippen LogP contribution in [-0.4, -0.2) is 35.5 Å². The number of alkyl carbamates (subject to hydrolysis) is 1. The van der Waals surface area contributed by atoms with Crippen molar-refractivity contribution in [2.24, 2.45) is 5.11 Å². The Bertz CT molecular complexity index is 1150. The van der Waals surface area contributed by atoms with E-state index >= 15 is 0 Å². The molecule has 0 aliphatic carbocycles. The molecule has 1 atom stereocenters. The number of nitrogens with one attached hydrogen (secondary N) is 2. The second-order valence-electron chi connectivity index (χ2n) is 6.52. The second kappa shape index (κ2) is 9.95. The van der Waals surface area contributed by atoms with Gasteiger partial charge in [-0.15, -0.1) is 0 Å². The number of H-pyrrole nitrogens is 1. The van der Waals surface area contributed by atoms with Crippen LogP contribution in [0.25, 0.3) is 21.3 Å². The molecule has 10 nitrogen and oxygen atoms in total. The Balaban J connectivity index is 1.82. The normalized spacial score (nSPS) is 11.3. The van der Waals surface area contributed by atoms with Crippen LogP contribution in [0.3, 0.4) is 0 Å². The summed E-state index contributed by atoms with van der Waals surface area (Å²) in [5.74, 6) is -1.14. The van der Waals surface area contributed by atoms with Crippen LogP contribution in [0, 0.1) is 0 Å². The molecule has 0 spiro atoms. The first-order valence-corrected chi connectivity index (χ1v) is 9.29. The third-order valence-corrected chi connectivity index (χ3v) is 4.38. The third-order valence-electron chi connectivity index (χ3n) is 4.38. The van der Waals surface area contributed by atoms with Gasteiger partial charge in [0.1, 0.15) is 19.3 Å². The van der Waals surface area contributed by atoms with Crippen molar-refractivity contribution in [1.82, 2.24) is 10.3 Å². The average molecular weight is 421 g/mol. The molecule has 0 saturated heterocycles. The van der Waals surface area contributed by atoms with Crippen molar-refractivity contribution in [1.29, 1.82) is 0 Å². The predicted octanol–water partition coefficient (Wildman–Crippen LogP) is 4.15. The van der Waals surface area contributed by atoms with Crippen LogP contribution in [0.1, 0.15) is 22.8 Å². The second-order valence-corrected chi connectivity index (χ2v) is 6.52. The number of ether oxygens (including phenoxy) is 2. The SMILES string of the molecule is CC(=O)OC[C@@H](NC(=O)OCc1ccccc1)C(=O)c1c[nH]c2cccc(N=[N+]=[N-])c12. The Morgan fingerprint density at radius 1 is 1.13 bits per heavy atom. The Hall–Kier alpha value is -4.30. The fourth-order valence-electron chi connectivity index (χ4n) is 2.97. The Labute approximate surface area is 176 Å². The predicted molar refractivity (Wildman–Crippen MR) is 112 cm³/mol. The first-order chi connectivity index (χ1) is 15.0. The molecule has 1 amide bonds. The van der Waals surface area contributed by atoms with E-state index in [0.29, 0.717) is 10.9 Å². The van der Waals surface area contributed by atoms with Gasteiger partial charge in [-0.3, -0.25) is 9.59 Å². The summed E-state index contributed by atoms with van der Waals surface area (Å²) in [5, 5.41) is 6.46. The Kier molecular flexibility index (Phi) is 6.87. The summed E-state index contributed by atoms with van der Waals surface area (Å²) < 4.78 is 10.1. The van der Waals surface area contributed by atoms with Crippen molar-refractivity contribution in [2.75, 3.05) is 6.61 Å². The van der Waals surface area contributed by atoms with Gasteiger partial charge in [0.15, 0.2) is 5.78 Å². The number of hydrogen-bond donors (Lipinski definition) is 2. The molecule has 0 aliphatic rings. The molecule has 2 N–H and O–H groups in total. The molecule has 31 heavy (non-hydrogen) atoms. The number of aromatic amines is 1. The molecule has 1 aromatic heterocycles. The molecule has 0 aliphatic heterocycles. The zero-order valence-electron chi connectivity index (χ0n) is 16.6. The van der Waals surface area contributed by atoms with Crippen LogP contribution in [0.2, 0.25) is 0 Å². The number of carbonyl (C=O) groups excluding carboxylic acids is 3. The van der Waals surface area contributed by atoms with Crippen molar-refractivity contribution in [3.05, 3.63) is 76.3 Å². The highest BCUT2D eigenvalue weighted by atomic mass is 16.6. The standard InChI is InChI=1S/C21H19N5O5/c1-13(27)30-12-18(24-21(29)31-11-14-6-3-2-4-7-14)20(28)15-10-23-16-8-5-9-17(19(15)16)25-26-22/h2-10,18,23H,11-12H2,1H3,(H,24,29)/t18-/m1/s1. The fraction of sp³-hybridized carbons (Fsp3) is 0.190. The molecule has 2 aromatic carbocycles. The maximum Gasteiger partial charge on any atom is 0.408 e. The zero-order valence-corrected chi connectivity index (χ0v) is 16.6. The fourth-order valence-corrected chi connectivity index (χ4v) is 2.97. The van der Waals surface area contributed by atoms with Gasteiger partial charge < -0.3 is 19.8 Å². The Morgan fingerprint density at radius 2 is 1.90 bits per heavy atom. The van der Waals surface area contributed by atoms with Crippen LogP contribution in [0.5, 0.6) is 0 Å². The van der Waals surface area contributed by atoms with E-state index in [4.69, 9.17) is 15.0 Å². The van der Waals surface area contributed by atoms with Gasteiger partial charge >= 0.3 is 12.1 Å². The molecule has 0 radical (unpaired) electrons. The summed E-state index contributed by atoms with van der Waals surface area (Å²) in [4.78, 5) is 42.4. The van der Waals surface area contributed by atoms with E-state index in [9.17, 15) is 14.4 Å². The number of Topliss-reactive ketones (excluding diaryl/α,β-unsaturated/α-hetero) is 1. The van der Waals surface area contributed by atoms with Gasteiger partial charge in [-0.2, -0.15) is 0 Å². The summed E-state index contributed by atoms with van der Waals surface area (Å²) >= 11 is 0. The van der Waals surface area contributed by atoms with E-state index in [1.54, 1.807) is 30.3 Å². The van der Waals surface area contributed by atoms with Crippen molar-refractivity contribution in [3.63, 3.8) is 0 Å². The summed E-state index contributed by atoms with van der Waals surface area (Å²) in [6.45, 7) is 0.820. The van der Waals surface area contributed by atoms with Gasteiger partial charge in [0.05, 0.1) is 0 Å². The molecule has 0 unspecified atom stereocenters. The number of hydrogen-bond acceptors (Lipinski definition) is 6. The number of fused-ring (bicyclic) bond motifs is 1. The number of amides is 1. The molecule has 0 bridgehead atoms. The first-order valence-electron chi connectivity index (χ1n) is 9.29. The van der Waals surface area contributed by atoms with E-state index in [-0.39, 0.29) is 24.5 Å². The molecule has 0 fully saturated rings. The highest BCUT2D eigenvalue weighted by molar-refractivity contribution is 6.14. The number of nitrogens with zero attached hydrogens (tertiary/aromatic N) is 3. The lowest BCUT2D eigenvalue weighted by Gasteiger charge is -2.17. The molecule has 158 valence electrons. The van der Waals surface area contributed by atoms with Crippen LogP contribution < -0.4 is 5.32 Å². The Morgan fingerprint density at radius 3 is 2.61 bits per heavy atom. The number of aromatic nitrogens is 1. The van der Waals surface area contributed by atoms with Crippen LogP contribution in [-0.2, 0) is 20.9 Å². The molecule has 3 rings (SSSR count). The van der Waals surface area contributed by atoms with E-state index < -0.39 is 23.9 Å². The van der Waals surface area contributed by atoms with Gasteiger partial charge in [0, 0.05) is 40.2 Å². The maximum absolute atomic E-state index is 13.2. The minimum Gasteiger partial charge on any atom is -0.463 e. The van der Waals surface area contributed by atoms with Crippen molar-refractivity contribution >= 4 is 34.4 Å². The monoisotopic (exact) mass is 421 g/mol. The number of rotatable bonds is 8. The zero-order chi connectivity index (χ0) is 22.2. The smallest absolute Gasteiger partial charge is 0.408 e. The average Bonchev–Trinajstić information content (AvgIpc) is 3.21. The molecular formula is C21H19N5O5. The van der Waals surface area contributed by atoms with Gasteiger partial charge in [-0.25, -0.2) is 4.79 Å². The lowest BCUT2D eigenvalue weighted by molar-refractivity contribution is -0.141. The van der Waals surface area contributed by atoms with E-state index in [2.05, 4.69) is 20.3 Å². The molecule has 0 saturated carbocycles. The summed E-state index contributed by atoms with van der Waals surface area (Å²) in [6.07, 6.45) is 0.602. The molecule has 3 aromatic rings. The highest BCUT2D eigenvalue weighted by Gasteiger charge is 2.27. The van der Waals surface area contributed by atoms with Crippen molar-refractivity contribution in [3.8, 4) is 0 Å². The number of azide groups is 1. The van der Waals surface area contributed by atoms with Crippen LogP contribution >= 0.6 is 0 Å². The molecular weight excluding hydrogens is 402 g/mol. The number of carbonyl (C=O) groups is 3. The topological polar surface area (TPSA) is 146 Å². The number of benzene rings is 2. The summed E-state index contributed by atoms with van der Waals surface area (Å²) in [7, 11) is 0. The quantitative estimate of drug-likeness (QED) is 0.184. The summed E-state index contributed by atoms with van der Waals surface area (Å²) in [6, 6.07) is 12.8.